The maximum absolute atomic E-state index is 8.78. The fourth-order valence-electron chi connectivity index (χ4n) is 1.52. The van der Waals surface area contributed by atoms with E-state index in [0.29, 0.717) is 6.42 Å². The van der Waals surface area contributed by atoms with Gasteiger partial charge in [0.05, 0.1) is 13.7 Å². The van der Waals surface area contributed by atoms with Gasteiger partial charge in [0.15, 0.2) is 4.34 Å². The molecule has 1 N–H and O–H groups in total. The summed E-state index contributed by atoms with van der Waals surface area (Å²) < 4.78 is 6.18. The Morgan fingerprint density at radius 1 is 1.45 bits per heavy atom. The molecule has 0 radical (unpaired) electrons. The molecule has 0 aliphatic rings. The number of ether oxygens (including phenoxy) is 1. The maximum Gasteiger partial charge on any atom is 0.174 e. The van der Waals surface area contributed by atoms with E-state index >= 15 is 0 Å². The summed E-state index contributed by atoms with van der Waals surface area (Å²) in [4.78, 5) is 0. The molecule has 2 rings (SSSR count). The zero-order chi connectivity index (χ0) is 14.2. The predicted octanol–water partition coefficient (Wildman–Crippen LogP) is 2.57. The van der Waals surface area contributed by atoms with Gasteiger partial charge in [0, 0.05) is 17.7 Å². The van der Waals surface area contributed by atoms with Gasteiger partial charge < -0.3 is 9.84 Å². The summed E-state index contributed by atoms with van der Waals surface area (Å²) in [6, 6.07) is 5.82. The van der Waals surface area contributed by atoms with Gasteiger partial charge in [0.25, 0.3) is 0 Å². The topological polar surface area (TPSA) is 55.2 Å². The van der Waals surface area contributed by atoms with E-state index in [-0.39, 0.29) is 6.61 Å². The second-order valence-corrected chi connectivity index (χ2v) is 5.85. The molecule has 0 amide bonds. The van der Waals surface area contributed by atoms with Crippen LogP contribution in [0.15, 0.2) is 28.0 Å². The predicted molar refractivity (Wildman–Crippen MR) is 81.0 cm³/mol. The zero-order valence-electron chi connectivity index (χ0n) is 11.0. The Labute approximate surface area is 126 Å². The summed E-state index contributed by atoms with van der Waals surface area (Å²) in [6.45, 7) is 0.0814. The van der Waals surface area contributed by atoms with Crippen LogP contribution in [0.2, 0.25) is 0 Å². The smallest absolute Gasteiger partial charge is 0.174 e. The van der Waals surface area contributed by atoms with E-state index in [2.05, 4.69) is 22.0 Å². The van der Waals surface area contributed by atoms with E-state index in [9.17, 15) is 0 Å². The molecule has 0 saturated heterocycles. The number of rotatable bonds is 5. The molecule has 104 valence electrons. The lowest BCUT2D eigenvalue weighted by molar-refractivity contribution is 0.305. The number of nitrogens with zero attached hydrogens (tertiary/aromatic N) is 2. The molecule has 6 heteroatoms. The Morgan fingerprint density at radius 3 is 3.05 bits per heavy atom. The van der Waals surface area contributed by atoms with Crippen molar-refractivity contribution < 1.29 is 9.84 Å². The monoisotopic (exact) mass is 306 g/mol. The Hall–Kier alpha value is -1.55. The average molecular weight is 306 g/mol. The lowest BCUT2D eigenvalue weighted by Crippen LogP contribution is -1.91. The molecule has 0 bridgehead atoms. The van der Waals surface area contributed by atoms with Crippen molar-refractivity contribution in [3.8, 4) is 17.6 Å². The van der Waals surface area contributed by atoms with E-state index in [1.54, 1.807) is 24.4 Å². The standard InChI is InChI=1S/C14H14N2O2S2/c1-18-13-6-5-11(4-2-3-7-17)12(8-13)9-19-14-16-15-10-20-14/h5-6,8,10,17H,3,7,9H2,1H3. The molecular weight excluding hydrogens is 292 g/mol. The Kier molecular flexibility index (Phi) is 5.87. The summed E-state index contributed by atoms with van der Waals surface area (Å²) in [7, 11) is 1.65. The van der Waals surface area contributed by atoms with Crippen LogP contribution < -0.4 is 4.74 Å². The number of hydrogen-bond donors (Lipinski definition) is 1. The molecule has 0 fully saturated rings. The molecular formula is C14H14N2O2S2. The molecule has 0 saturated carbocycles. The summed E-state index contributed by atoms with van der Waals surface area (Å²) in [5.74, 6) is 7.60. The van der Waals surface area contributed by atoms with Crippen LogP contribution in [0.25, 0.3) is 0 Å². The fraction of sp³-hybridized carbons (Fsp3) is 0.286. The van der Waals surface area contributed by atoms with E-state index in [4.69, 9.17) is 9.84 Å². The second-order valence-electron chi connectivity index (χ2n) is 3.79. The van der Waals surface area contributed by atoms with Crippen LogP contribution in [0.4, 0.5) is 0 Å². The zero-order valence-corrected chi connectivity index (χ0v) is 12.6. The van der Waals surface area contributed by atoms with Crippen LogP contribution >= 0.6 is 23.1 Å². The first-order valence-corrected chi connectivity index (χ1v) is 7.85. The molecule has 0 aliphatic carbocycles. The van der Waals surface area contributed by atoms with Crippen LogP contribution in [0.5, 0.6) is 5.75 Å². The summed E-state index contributed by atoms with van der Waals surface area (Å²) >= 11 is 3.14. The lowest BCUT2D eigenvalue weighted by Gasteiger charge is -2.06. The minimum atomic E-state index is 0.0814. The number of hydrogen-bond acceptors (Lipinski definition) is 6. The summed E-state index contributed by atoms with van der Waals surface area (Å²) in [6.07, 6.45) is 0.481. The van der Waals surface area contributed by atoms with Gasteiger partial charge in [-0.05, 0) is 23.8 Å². The van der Waals surface area contributed by atoms with E-state index in [1.165, 1.54) is 11.3 Å². The van der Waals surface area contributed by atoms with Crippen molar-refractivity contribution in [2.24, 2.45) is 0 Å². The van der Waals surface area contributed by atoms with Crippen molar-refractivity contribution in [3.63, 3.8) is 0 Å². The van der Waals surface area contributed by atoms with Crippen LogP contribution in [-0.2, 0) is 5.75 Å². The van der Waals surface area contributed by atoms with Gasteiger partial charge in [0.1, 0.15) is 11.3 Å². The van der Waals surface area contributed by atoms with E-state index < -0.39 is 0 Å². The van der Waals surface area contributed by atoms with Gasteiger partial charge in [-0.15, -0.1) is 10.2 Å². The average Bonchev–Trinajstić information content (AvgIpc) is 2.99. The number of methoxy groups -OCH3 is 1. The van der Waals surface area contributed by atoms with Crippen molar-refractivity contribution in [2.75, 3.05) is 13.7 Å². The molecule has 4 nitrogen and oxygen atoms in total. The largest absolute Gasteiger partial charge is 0.497 e. The molecule has 1 heterocycles. The first-order chi connectivity index (χ1) is 9.83. The highest BCUT2D eigenvalue weighted by molar-refractivity contribution is 8.00. The van der Waals surface area contributed by atoms with Crippen molar-refractivity contribution in [1.82, 2.24) is 10.2 Å². The highest BCUT2D eigenvalue weighted by Crippen LogP contribution is 2.27. The number of aliphatic hydroxyl groups is 1. The highest BCUT2D eigenvalue weighted by atomic mass is 32.2. The highest BCUT2D eigenvalue weighted by Gasteiger charge is 2.05. The fourth-order valence-corrected chi connectivity index (χ4v) is 3.00. The van der Waals surface area contributed by atoms with Crippen LogP contribution in [0, 0.1) is 11.8 Å². The number of benzene rings is 1. The lowest BCUT2D eigenvalue weighted by atomic mass is 10.1. The SMILES string of the molecule is COc1ccc(C#CCCO)c(CSc2nncs2)c1. The van der Waals surface area contributed by atoms with Gasteiger partial charge >= 0.3 is 0 Å². The summed E-state index contributed by atoms with van der Waals surface area (Å²) in [5, 5.41) is 16.6. The second kappa shape index (κ2) is 7.90. The minimum Gasteiger partial charge on any atom is -0.497 e. The molecule has 2 aromatic rings. The van der Waals surface area contributed by atoms with Gasteiger partial charge in [-0.25, -0.2) is 0 Å². The van der Waals surface area contributed by atoms with Crippen molar-refractivity contribution in [2.45, 2.75) is 16.5 Å². The normalized spacial score (nSPS) is 9.90. The number of aliphatic hydroxyl groups excluding tert-OH is 1. The molecule has 20 heavy (non-hydrogen) atoms. The first kappa shape index (κ1) is 14.9. The molecule has 1 aromatic carbocycles. The Bertz CT molecular complexity index is 603. The maximum atomic E-state index is 8.78. The number of thioether (sulfide) groups is 1. The third kappa shape index (κ3) is 4.23. The van der Waals surface area contributed by atoms with Crippen molar-refractivity contribution >= 4 is 23.1 Å². The molecule has 0 spiro atoms. The molecule has 0 atom stereocenters. The van der Waals surface area contributed by atoms with Crippen LogP contribution in [-0.4, -0.2) is 29.0 Å². The minimum absolute atomic E-state index is 0.0814. The van der Waals surface area contributed by atoms with Crippen LogP contribution in [0.3, 0.4) is 0 Å². The number of aromatic nitrogens is 2. The van der Waals surface area contributed by atoms with Gasteiger partial charge in [0.2, 0.25) is 0 Å². The van der Waals surface area contributed by atoms with Gasteiger partial charge in [-0.3, -0.25) is 0 Å². The quantitative estimate of drug-likeness (QED) is 0.679. The van der Waals surface area contributed by atoms with E-state index in [1.807, 2.05) is 18.2 Å². The molecule has 0 unspecified atom stereocenters. The van der Waals surface area contributed by atoms with Crippen molar-refractivity contribution in [1.29, 1.82) is 0 Å². The molecule has 1 aromatic heterocycles. The summed E-state index contributed by atoms with van der Waals surface area (Å²) in [5.41, 5.74) is 3.77. The van der Waals surface area contributed by atoms with E-state index in [0.717, 1.165) is 27.0 Å². The third-order valence-electron chi connectivity index (χ3n) is 2.46. The first-order valence-electron chi connectivity index (χ1n) is 5.99. The van der Waals surface area contributed by atoms with Gasteiger partial charge in [-0.1, -0.05) is 34.9 Å². The van der Waals surface area contributed by atoms with Crippen LogP contribution in [0.1, 0.15) is 17.5 Å². The third-order valence-corrected chi connectivity index (χ3v) is 4.37. The van der Waals surface area contributed by atoms with Gasteiger partial charge in [-0.2, -0.15) is 0 Å². The Morgan fingerprint density at radius 2 is 2.35 bits per heavy atom. The van der Waals surface area contributed by atoms with Crippen molar-refractivity contribution in [3.05, 3.63) is 34.8 Å². The Balaban J connectivity index is 2.16. The molecule has 0 aliphatic heterocycles.